The third kappa shape index (κ3) is 2.77. The van der Waals surface area contributed by atoms with Crippen LogP contribution in [0, 0.1) is 0 Å². The highest BCUT2D eigenvalue weighted by atomic mass is 16.5. The van der Waals surface area contributed by atoms with Gasteiger partial charge in [0.25, 0.3) is 0 Å². The van der Waals surface area contributed by atoms with Crippen molar-refractivity contribution in [1.29, 1.82) is 0 Å². The van der Waals surface area contributed by atoms with Crippen LogP contribution >= 0.6 is 0 Å². The van der Waals surface area contributed by atoms with Crippen LogP contribution in [0.15, 0.2) is 24.3 Å². The maximum Gasteiger partial charge on any atom is 0.302 e. The van der Waals surface area contributed by atoms with Crippen molar-refractivity contribution < 1.29 is 24.1 Å². The molecule has 0 aliphatic heterocycles. The minimum atomic E-state index is -0.368. The van der Waals surface area contributed by atoms with Crippen molar-refractivity contribution in [3.05, 3.63) is 29.8 Å². The number of phenolic OH excluding ortho intramolecular Hbond substituents is 1. The molecule has 0 atom stereocenters. The first kappa shape index (κ1) is 14.0. The van der Waals surface area contributed by atoms with E-state index in [9.17, 15) is 9.90 Å². The normalized spacial score (nSPS) is 10.3. The van der Waals surface area contributed by atoms with E-state index in [0.717, 1.165) is 5.39 Å². The van der Waals surface area contributed by atoms with E-state index in [-0.39, 0.29) is 18.3 Å². The first-order valence-electron chi connectivity index (χ1n) is 6.06. The van der Waals surface area contributed by atoms with Crippen molar-refractivity contribution in [2.45, 2.75) is 13.5 Å². The Balaban J connectivity index is 2.54. The van der Waals surface area contributed by atoms with Crippen LogP contribution in [0.1, 0.15) is 12.5 Å². The third-order valence-corrected chi connectivity index (χ3v) is 2.92. The molecule has 0 heterocycles. The maximum absolute atomic E-state index is 10.8. The van der Waals surface area contributed by atoms with Crippen LogP contribution in [0.5, 0.6) is 17.2 Å². The van der Waals surface area contributed by atoms with E-state index in [1.54, 1.807) is 25.3 Å². The van der Waals surface area contributed by atoms with Crippen molar-refractivity contribution in [3.8, 4) is 17.2 Å². The number of fused-ring (bicyclic) bond motifs is 1. The van der Waals surface area contributed by atoms with Gasteiger partial charge in [0.1, 0.15) is 23.9 Å². The molecule has 5 nitrogen and oxygen atoms in total. The van der Waals surface area contributed by atoms with E-state index in [1.807, 2.05) is 6.07 Å². The van der Waals surface area contributed by atoms with Crippen LogP contribution in [0.2, 0.25) is 0 Å². The summed E-state index contributed by atoms with van der Waals surface area (Å²) in [6.07, 6.45) is 0. The third-order valence-electron chi connectivity index (χ3n) is 2.92. The largest absolute Gasteiger partial charge is 0.507 e. The number of hydrogen-bond acceptors (Lipinski definition) is 5. The highest BCUT2D eigenvalue weighted by Gasteiger charge is 2.11. The fraction of sp³-hybridized carbons (Fsp3) is 0.267. The Morgan fingerprint density at radius 2 is 1.90 bits per heavy atom. The fourth-order valence-corrected chi connectivity index (χ4v) is 2.03. The first-order chi connectivity index (χ1) is 9.55. The molecule has 106 valence electrons. The molecule has 0 radical (unpaired) electrons. The molecule has 2 aromatic carbocycles. The smallest absolute Gasteiger partial charge is 0.302 e. The molecular weight excluding hydrogens is 260 g/mol. The number of aromatic hydroxyl groups is 1. The number of esters is 1. The number of phenols is 1. The SMILES string of the molecule is COc1cc(OC)c2c(O)cc(COC(C)=O)cc2c1. The minimum Gasteiger partial charge on any atom is -0.507 e. The van der Waals surface area contributed by atoms with Gasteiger partial charge < -0.3 is 19.3 Å². The van der Waals surface area contributed by atoms with E-state index in [1.165, 1.54) is 14.0 Å². The van der Waals surface area contributed by atoms with E-state index < -0.39 is 0 Å². The lowest BCUT2D eigenvalue weighted by atomic mass is 10.0. The number of carbonyl (C=O) groups is 1. The molecule has 0 amide bonds. The van der Waals surface area contributed by atoms with Crippen LogP contribution < -0.4 is 9.47 Å². The zero-order chi connectivity index (χ0) is 14.7. The monoisotopic (exact) mass is 276 g/mol. The Bertz CT molecular complexity index is 648. The van der Waals surface area contributed by atoms with E-state index in [4.69, 9.17) is 14.2 Å². The van der Waals surface area contributed by atoms with Crippen LogP contribution in [0.25, 0.3) is 10.8 Å². The van der Waals surface area contributed by atoms with Gasteiger partial charge in [-0.1, -0.05) is 0 Å². The number of rotatable bonds is 4. The van der Waals surface area contributed by atoms with Gasteiger partial charge >= 0.3 is 5.97 Å². The van der Waals surface area contributed by atoms with E-state index in [0.29, 0.717) is 22.4 Å². The zero-order valence-corrected chi connectivity index (χ0v) is 11.6. The van der Waals surface area contributed by atoms with Crippen molar-refractivity contribution in [1.82, 2.24) is 0 Å². The summed E-state index contributed by atoms with van der Waals surface area (Å²) in [7, 11) is 3.09. The predicted molar refractivity (Wildman–Crippen MR) is 74.2 cm³/mol. The molecule has 0 aromatic heterocycles. The maximum atomic E-state index is 10.8. The van der Waals surface area contributed by atoms with Crippen LogP contribution in [0.4, 0.5) is 0 Å². The molecule has 0 saturated heterocycles. The topological polar surface area (TPSA) is 65.0 Å². The summed E-state index contributed by atoms with van der Waals surface area (Å²) in [6, 6.07) is 6.87. The van der Waals surface area contributed by atoms with Crippen LogP contribution in [-0.2, 0) is 16.1 Å². The second-order valence-electron chi connectivity index (χ2n) is 4.32. The van der Waals surface area contributed by atoms with Gasteiger partial charge in [-0.05, 0) is 29.1 Å². The lowest BCUT2D eigenvalue weighted by Crippen LogP contribution is -1.99. The number of methoxy groups -OCH3 is 2. The zero-order valence-electron chi connectivity index (χ0n) is 11.6. The Morgan fingerprint density at radius 1 is 1.15 bits per heavy atom. The van der Waals surface area contributed by atoms with Gasteiger partial charge in [-0.3, -0.25) is 4.79 Å². The standard InChI is InChI=1S/C15H16O5/c1-9(16)20-8-10-4-11-6-12(18-2)7-14(19-3)15(11)13(17)5-10/h4-7,17H,8H2,1-3H3. The number of benzene rings is 2. The summed E-state index contributed by atoms with van der Waals surface area (Å²) in [6.45, 7) is 1.45. The average molecular weight is 276 g/mol. The lowest BCUT2D eigenvalue weighted by molar-refractivity contribution is -0.142. The highest BCUT2D eigenvalue weighted by molar-refractivity contribution is 5.95. The Kier molecular flexibility index (Phi) is 3.98. The van der Waals surface area contributed by atoms with Crippen molar-refractivity contribution >= 4 is 16.7 Å². The molecule has 0 aliphatic rings. The number of carbonyl (C=O) groups excluding carboxylic acids is 1. The first-order valence-corrected chi connectivity index (χ1v) is 6.06. The highest BCUT2D eigenvalue weighted by Crippen LogP contribution is 2.37. The average Bonchev–Trinajstić information content (AvgIpc) is 2.43. The van der Waals surface area contributed by atoms with Crippen molar-refractivity contribution in [2.75, 3.05) is 14.2 Å². The molecular formula is C15H16O5. The van der Waals surface area contributed by atoms with Gasteiger partial charge in [-0.15, -0.1) is 0 Å². The van der Waals surface area contributed by atoms with E-state index >= 15 is 0 Å². The molecule has 0 aliphatic carbocycles. The van der Waals surface area contributed by atoms with Gasteiger partial charge in [0, 0.05) is 13.0 Å². The molecule has 5 heteroatoms. The summed E-state index contributed by atoms with van der Waals surface area (Å²) in [5.41, 5.74) is 0.695. The minimum absolute atomic E-state index is 0.0733. The molecule has 0 spiro atoms. The quantitative estimate of drug-likeness (QED) is 0.870. The molecule has 0 fully saturated rings. The van der Waals surface area contributed by atoms with E-state index in [2.05, 4.69) is 0 Å². The van der Waals surface area contributed by atoms with Gasteiger partial charge in [0.15, 0.2) is 0 Å². The molecule has 0 saturated carbocycles. The Labute approximate surface area is 116 Å². The Hall–Kier alpha value is -2.43. The van der Waals surface area contributed by atoms with Crippen molar-refractivity contribution in [2.24, 2.45) is 0 Å². The summed E-state index contributed by atoms with van der Waals surface area (Å²) in [5.74, 6) is 0.853. The van der Waals surface area contributed by atoms with Gasteiger partial charge in [0.05, 0.1) is 19.6 Å². The summed E-state index contributed by atoms with van der Waals surface area (Å²) < 4.78 is 15.4. The van der Waals surface area contributed by atoms with Crippen molar-refractivity contribution in [3.63, 3.8) is 0 Å². The lowest BCUT2D eigenvalue weighted by Gasteiger charge is -2.12. The van der Waals surface area contributed by atoms with Crippen LogP contribution in [-0.4, -0.2) is 25.3 Å². The summed E-state index contributed by atoms with van der Waals surface area (Å²) in [5, 5.41) is 11.5. The fourth-order valence-electron chi connectivity index (χ4n) is 2.03. The predicted octanol–water partition coefficient (Wildman–Crippen LogP) is 2.63. The second kappa shape index (κ2) is 5.69. The molecule has 20 heavy (non-hydrogen) atoms. The number of ether oxygens (including phenoxy) is 3. The molecule has 1 N–H and O–H groups in total. The Morgan fingerprint density at radius 3 is 2.50 bits per heavy atom. The van der Waals surface area contributed by atoms with Gasteiger partial charge in [-0.2, -0.15) is 0 Å². The second-order valence-corrected chi connectivity index (χ2v) is 4.32. The molecule has 0 unspecified atom stereocenters. The van der Waals surface area contributed by atoms with Gasteiger partial charge in [-0.25, -0.2) is 0 Å². The summed E-state index contributed by atoms with van der Waals surface area (Å²) in [4.78, 5) is 10.8. The van der Waals surface area contributed by atoms with Crippen LogP contribution in [0.3, 0.4) is 0 Å². The summed E-state index contributed by atoms with van der Waals surface area (Å²) >= 11 is 0. The van der Waals surface area contributed by atoms with Gasteiger partial charge in [0.2, 0.25) is 0 Å². The molecule has 2 aromatic rings. The number of hydrogen-bond donors (Lipinski definition) is 1. The molecule has 0 bridgehead atoms. The molecule has 2 rings (SSSR count).